The quantitative estimate of drug-likeness (QED) is 0.166. The molecular weight excluding hydrogens is 913 g/mol. The maximum Gasteiger partial charge on any atom is 0.159 e. The average molecular weight is 959 g/mol. The van der Waals surface area contributed by atoms with Crippen molar-refractivity contribution in [1.29, 1.82) is 0 Å². The maximum atomic E-state index is 6.91. The minimum atomic E-state index is -0.671. The molecule has 0 bridgehead atoms. The highest BCUT2D eigenvalue weighted by atomic mass is 16.3. The molecule has 0 saturated carbocycles. The summed E-state index contributed by atoms with van der Waals surface area (Å²) in [6, 6.07) is 89.1. The number of nitrogens with zero attached hydrogens (tertiary/aromatic N) is 2. The SMILES string of the molecule is Cc1ccccc1N(c1ccc2c3c(ccc2c1)-c1c(cc(N(c2ccccc2C)c2cccc4c2oc2ccccc24)c2ccccc12)C31c2ccccc2-c2ccccc21)c1cccc2c1oc1ccccc12. The van der Waals surface area contributed by atoms with Crippen LogP contribution in [0.1, 0.15) is 33.4 Å². The fourth-order valence-corrected chi connectivity index (χ4v) is 13.4. The molecule has 12 aromatic carbocycles. The zero-order chi connectivity index (χ0) is 49.5. The average Bonchev–Trinajstić information content (AvgIpc) is 4.34. The first-order valence-electron chi connectivity index (χ1n) is 25.9. The summed E-state index contributed by atoms with van der Waals surface area (Å²) in [6.45, 7) is 4.41. The maximum absolute atomic E-state index is 6.91. The van der Waals surface area contributed by atoms with E-state index in [4.69, 9.17) is 8.83 Å². The highest BCUT2D eigenvalue weighted by molar-refractivity contribution is 6.17. The summed E-state index contributed by atoms with van der Waals surface area (Å²) in [5.41, 5.74) is 21.7. The Morgan fingerprint density at radius 1 is 0.320 bits per heavy atom. The van der Waals surface area contributed by atoms with Crippen molar-refractivity contribution in [2.45, 2.75) is 19.3 Å². The molecule has 4 nitrogen and oxygen atoms in total. The first-order valence-corrected chi connectivity index (χ1v) is 25.9. The van der Waals surface area contributed by atoms with Crippen LogP contribution in [-0.4, -0.2) is 0 Å². The Bertz CT molecular complexity index is 4680. The van der Waals surface area contributed by atoms with Crippen molar-refractivity contribution < 1.29 is 8.83 Å². The molecule has 0 unspecified atom stereocenters. The van der Waals surface area contributed by atoms with Crippen LogP contribution in [0.2, 0.25) is 0 Å². The number of rotatable bonds is 6. The molecule has 16 rings (SSSR count). The zero-order valence-corrected chi connectivity index (χ0v) is 41.3. The first kappa shape index (κ1) is 41.9. The summed E-state index contributed by atoms with van der Waals surface area (Å²) in [5.74, 6) is 0. The van der Waals surface area contributed by atoms with E-state index in [2.05, 4.69) is 260 Å². The van der Waals surface area contributed by atoms with E-state index >= 15 is 0 Å². The van der Waals surface area contributed by atoms with Gasteiger partial charge in [-0.2, -0.15) is 0 Å². The minimum absolute atomic E-state index is 0.671. The Kier molecular flexibility index (Phi) is 8.77. The van der Waals surface area contributed by atoms with Gasteiger partial charge in [0, 0.05) is 44.0 Å². The van der Waals surface area contributed by atoms with Gasteiger partial charge < -0.3 is 18.6 Å². The van der Waals surface area contributed by atoms with Gasteiger partial charge in [-0.3, -0.25) is 0 Å². The minimum Gasteiger partial charge on any atom is -0.454 e. The van der Waals surface area contributed by atoms with Gasteiger partial charge in [0.15, 0.2) is 11.2 Å². The second kappa shape index (κ2) is 15.7. The molecular formula is C71H46N2O2. The second-order valence-electron chi connectivity index (χ2n) is 20.3. The van der Waals surface area contributed by atoms with Crippen molar-refractivity contribution in [3.05, 3.63) is 276 Å². The van der Waals surface area contributed by atoms with Crippen LogP contribution < -0.4 is 9.80 Å². The van der Waals surface area contributed by atoms with Crippen LogP contribution in [-0.2, 0) is 5.41 Å². The summed E-state index contributed by atoms with van der Waals surface area (Å²) in [6.07, 6.45) is 0. The van der Waals surface area contributed by atoms with Crippen LogP contribution in [0.15, 0.2) is 251 Å². The lowest BCUT2D eigenvalue weighted by molar-refractivity contribution is 0.668. The third-order valence-electron chi connectivity index (χ3n) is 16.5. The van der Waals surface area contributed by atoms with Gasteiger partial charge in [-0.25, -0.2) is 0 Å². The van der Waals surface area contributed by atoms with Gasteiger partial charge in [-0.1, -0.05) is 188 Å². The highest BCUT2D eigenvalue weighted by Crippen LogP contribution is 2.66. The molecule has 0 radical (unpaired) electrons. The lowest BCUT2D eigenvalue weighted by atomic mass is 9.69. The number of hydrogen-bond donors (Lipinski definition) is 0. The summed E-state index contributed by atoms with van der Waals surface area (Å²) >= 11 is 0. The van der Waals surface area contributed by atoms with Crippen LogP contribution in [0.3, 0.4) is 0 Å². The van der Waals surface area contributed by atoms with Crippen LogP contribution >= 0.6 is 0 Å². The normalized spacial score (nSPS) is 13.0. The predicted molar refractivity (Wildman–Crippen MR) is 311 cm³/mol. The van der Waals surface area contributed by atoms with E-state index in [-0.39, 0.29) is 0 Å². The molecule has 75 heavy (non-hydrogen) atoms. The summed E-state index contributed by atoms with van der Waals surface area (Å²) in [7, 11) is 0. The molecule has 0 fully saturated rings. The molecule has 2 heterocycles. The molecule has 352 valence electrons. The molecule has 0 saturated heterocycles. The van der Waals surface area contributed by atoms with Crippen LogP contribution in [0.5, 0.6) is 0 Å². The van der Waals surface area contributed by atoms with Gasteiger partial charge in [0.1, 0.15) is 11.2 Å². The Morgan fingerprint density at radius 3 is 1.44 bits per heavy atom. The number of furan rings is 2. The molecule has 0 atom stereocenters. The van der Waals surface area contributed by atoms with Crippen molar-refractivity contribution in [2.24, 2.45) is 0 Å². The van der Waals surface area contributed by atoms with E-state index in [1.54, 1.807) is 0 Å². The lowest BCUT2D eigenvalue weighted by Crippen LogP contribution is -2.26. The smallest absolute Gasteiger partial charge is 0.159 e. The van der Waals surface area contributed by atoms with Crippen LogP contribution in [0, 0.1) is 13.8 Å². The van der Waals surface area contributed by atoms with Gasteiger partial charge >= 0.3 is 0 Å². The number of para-hydroxylation sites is 6. The van der Waals surface area contributed by atoms with E-state index in [0.29, 0.717) is 0 Å². The fourth-order valence-electron chi connectivity index (χ4n) is 13.4. The summed E-state index contributed by atoms with van der Waals surface area (Å²) < 4.78 is 13.7. The Labute approximate surface area is 433 Å². The monoisotopic (exact) mass is 958 g/mol. The van der Waals surface area contributed by atoms with Gasteiger partial charge in [0.05, 0.1) is 22.5 Å². The standard InChI is InChI=1S/C71H46N2O2/c1-43-19-3-13-31-60(43)72(62-33-17-27-54-51-24-9-15-35-65(51)74-69(54)62)46-38-40-47-45(41-46)37-39-56-67-53-26-6-5-23-50(53)64(42-59(67)71(68(47)56)57-29-11-7-21-48(57)49-22-8-12-30-58(49)71)73(61-32-14-4-20-44(61)2)63-34-18-28-55-52-25-10-16-36-66(52)75-70(55)63/h3-42H,1-2H3. The van der Waals surface area contributed by atoms with E-state index < -0.39 is 5.41 Å². The third kappa shape index (κ3) is 5.71. The molecule has 4 heteroatoms. The Morgan fingerprint density at radius 2 is 0.813 bits per heavy atom. The molecule has 1 spiro atoms. The number of hydrogen-bond acceptors (Lipinski definition) is 4. The number of anilines is 6. The first-order chi connectivity index (χ1) is 37.1. The van der Waals surface area contributed by atoms with Crippen molar-refractivity contribution in [3.8, 4) is 22.3 Å². The summed E-state index contributed by atoms with van der Waals surface area (Å²) in [5, 5.41) is 9.17. The molecule has 0 amide bonds. The topological polar surface area (TPSA) is 32.8 Å². The van der Waals surface area contributed by atoms with E-state index in [9.17, 15) is 0 Å². The second-order valence-corrected chi connectivity index (χ2v) is 20.3. The molecule has 0 N–H and O–H groups in total. The molecule has 14 aromatic rings. The molecule has 2 aliphatic rings. The van der Waals surface area contributed by atoms with E-state index in [1.807, 2.05) is 6.07 Å². The zero-order valence-electron chi connectivity index (χ0n) is 41.3. The van der Waals surface area contributed by atoms with Crippen molar-refractivity contribution in [1.82, 2.24) is 0 Å². The van der Waals surface area contributed by atoms with Crippen molar-refractivity contribution in [3.63, 3.8) is 0 Å². The molecule has 2 aromatic heterocycles. The molecule has 0 aliphatic heterocycles. The Balaban J connectivity index is 0.998. The number of fused-ring (bicyclic) bond motifs is 20. The van der Waals surface area contributed by atoms with Gasteiger partial charge in [-0.05, 0) is 140 Å². The van der Waals surface area contributed by atoms with Gasteiger partial charge in [0.25, 0.3) is 0 Å². The van der Waals surface area contributed by atoms with Crippen LogP contribution in [0.25, 0.3) is 87.7 Å². The third-order valence-corrected chi connectivity index (χ3v) is 16.5. The Hall–Kier alpha value is -9.64. The fraction of sp³-hybridized carbons (Fsp3) is 0.0423. The predicted octanol–water partition coefficient (Wildman–Crippen LogP) is 19.7. The van der Waals surface area contributed by atoms with Gasteiger partial charge in [0.2, 0.25) is 0 Å². The number of aryl methyl sites for hydroxylation is 2. The van der Waals surface area contributed by atoms with Crippen molar-refractivity contribution in [2.75, 3.05) is 9.80 Å². The van der Waals surface area contributed by atoms with Gasteiger partial charge in [-0.15, -0.1) is 0 Å². The lowest BCUT2D eigenvalue weighted by Gasteiger charge is -2.34. The number of benzene rings is 12. The molecule has 2 aliphatic carbocycles. The largest absolute Gasteiger partial charge is 0.454 e. The highest BCUT2D eigenvalue weighted by Gasteiger charge is 2.53. The van der Waals surface area contributed by atoms with E-state index in [1.165, 1.54) is 77.2 Å². The van der Waals surface area contributed by atoms with E-state index in [0.717, 1.165) is 78.0 Å². The summed E-state index contributed by atoms with van der Waals surface area (Å²) in [4.78, 5) is 4.86. The van der Waals surface area contributed by atoms with Crippen LogP contribution in [0.4, 0.5) is 34.1 Å². The van der Waals surface area contributed by atoms with Crippen molar-refractivity contribution >= 4 is 99.5 Å².